The molecule has 0 saturated carbocycles. The minimum absolute atomic E-state index is 0.172. The molecule has 22 heavy (non-hydrogen) atoms. The van der Waals surface area contributed by atoms with Gasteiger partial charge in [0, 0.05) is 12.6 Å². The Bertz CT molecular complexity index is 639. The third kappa shape index (κ3) is 3.69. The number of thioether (sulfide) groups is 1. The Balaban J connectivity index is 2.26. The molecule has 0 aliphatic heterocycles. The molecule has 1 aromatic carbocycles. The van der Waals surface area contributed by atoms with Gasteiger partial charge in [0.15, 0.2) is 0 Å². The molecule has 0 bridgehead atoms. The van der Waals surface area contributed by atoms with E-state index in [1.165, 1.54) is 0 Å². The maximum absolute atomic E-state index is 12.3. The monoisotopic (exact) mass is 318 g/mol. The third-order valence-corrected chi connectivity index (χ3v) is 4.14. The van der Waals surface area contributed by atoms with Gasteiger partial charge in [-0.15, -0.1) is 0 Å². The van der Waals surface area contributed by atoms with E-state index in [2.05, 4.69) is 10.4 Å². The summed E-state index contributed by atoms with van der Waals surface area (Å²) in [6.07, 6.45) is 2.66. The lowest BCUT2D eigenvalue weighted by Gasteiger charge is -2.13. The van der Waals surface area contributed by atoms with Crippen LogP contribution in [0.4, 0.5) is 5.82 Å². The van der Waals surface area contributed by atoms with Crippen LogP contribution in [0.15, 0.2) is 30.3 Å². The maximum atomic E-state index is 12.3. The number of carbonyl (C=O) groups is 1. The Morgan fingerprint density at radius 2 is 2.09 bits per heavy atom. The number of carbonyl (C=O) groups excluding carboxylic acids is 1. The molecule has 2 aromatic rings. The van der Waals surface area contributed by atoms with E-state index in [4.69, 9.17) is 5.73 Å². The van der Waals surface area contributed by atoms with Gasteiger partial charge >= 0.3 is 0 Å². The van der Waals surface area contributed by atoms with Gasteiger partial charge in [-0.1, -0.05) is 30.3 Å². The lowest BCUT2D eigenvalue weighted by Crippen LogP contribution is -2.36. The summed E-state index contributed by atoms with van der Waals surface area (Å²) >= 11 is 1.68. The number of nitrogens with two attached hydrogens (primary N) is 1. The predicted octanol–water partition coefficient (Wildman–Crippen LogP) is 2.41. The topological polar surface area (TPSA) is 72.9 Å². The Hall–Kier alpha value is -1.79. The first-order valence-electron chi connectivity index (χ1n) is 7.19. The fourth-order valence-electron chi connectivity index (χ4n) is 2.34. The second kappa shape index (κ2) is 7.47. The fourth-order valence-corrected chi connectivity index (χ4v) is 2.83. The first kappa shape index (κ1) is 16.6. The zero-order chi connectivity index (χ0) is 16.1. The average molecular weight is 318 g/mol. The van der Waals surface area contributed by atoms with Crippen LogP contribution < -0.4 is 11.1 Å². The summed E-state index contributed by atoms with van der Waals surface area (Å²) in [5.74, 6) is 1.38. The van der Waals surface area contributed by atoms with Gasteiger partial charge in [0.2, 0.25) is 5.91 Å². The van der Waals surface area contributed by atoms with Crippen molar-refractivity contribution in [1.29, 1.82) is 0 Å². The SMILES string of the molecule is CSCC[C@H](N)C(=O)Nc1c(-c2ccccc2)c(C)nn1C. The molecule has 1 aromatic heterocycles. The van der Waals surface area contributed by atoms with Gasteiger partial charge in [0.05, 0.1) is 11.7 Å². The summed E-state index contributed by atoms with van der Waals surface area (Å²) in [5, 5.41) is 7.35. The summed E-state index contributed by atoms with van der Waals surface area (Å²) in [6, 6.07) is 9.41. The highest BCUT2D eigenvalue weighted by Gasteiger charge is 2.20. The number of amides is 1. The number of benzene rings is 1. The molecule has 0 radical (unpaired) electrons. The van der Waals surface area contributed by atoms with Crippen LogP contribution in [0.3, 0.4) is 0 Å². The van der Waals surface area contributed by atoms with E-state index < -0.39 is 6.04 Å². The van der Waals surface area contributed by atoms with Crippen LogP contribution in [0.1, 0.15) is 12.1 Å². The first-order chi connectivity index (χ1) is 10.5. The molecule has 5 nitrogen and oxygen atoms in total. The molecular formula is C16H22N4OS. The molecule has 0 unspecified atom stereocenters. The molecule has 0 spiro atoms. The van der Waals surface area contributed by atoms with Crippen molar-refractivity contribution in [2.75, 3.05) is 17.3 Å². The van der Waals surface area contributed by atoms with Crippen molar-refractivity contribution in [2.24, 2.45) is 12.8 Å². The van der Waals surface area contributed by atoms with E-state index >= 15 is 0 Å². The molecule has 0 fully saturated rings. The van der Waals surface area contributed by atoms with Crippen LogP contribution in [0.2, 0.25) is 0 Å². The molecule has 1 heterocycles. The highest BCUT2D eigenvalue weighted by molar-refractivity contribution is 7.98. The van der Waals surface area contributed by atoms with Crippen LogP contribution in [0, 0.1) is 6.92 Å². The standard InChI is InChI=1S/C16H22N4OS/c1-11-14(12-7-5-4-6-8-12)15(20(2)19-11)18-16(21)13(17)9-10-22-3/h4-8,13H,9-10,17H2,1-3H3,(H,18,21)/t13-/m0/s1. The predicted molar refractivity (Wildman–Crippen MR) is 93.0 cm³/mol. The summed E-state index contributed by atoms with van der Waals surface area (Å²) in [6.45, 7) is 1.94. The average Bonchev–Trinajstić information content (AvgIpc) is 2.79. The normalized spacial score (nSPS) is 12.2. The molecule has 3 N–H and O–H groups in total. The molecule has 6 heteroatoms. The summed E-state index contributed by atoms with van der Waals surface area (Å²) in [7, 11) is 1.82. The number of hydrogen-bond acceptors (Lipinski definition) is 4. The molecular weight excluding hydrogens is 296 g/mol. The van der Waals surface area contributed by atoms with Gasteiger partial charge in [-0.3, -0.25) is 9.48 Å². The van der Waals surface area contributed by atoms with Crippen LogP contribution in [-0.4, -0.2) is 33.7 Å². The summed E-state index contributed by atoms with van der Waals surface area (Å²) in [4.78, 5) is 12.3. The van der Waals surface area contributed by atoms with Crippen LogP contribution in [-0.2, 0) is 11.8 Å². The van der Waals surface area contributed by atoms with E-state index in [9.17, 15) is 4.79 Å². The lowest BCUT2D eigenvalue weighted by atomic mass is 10.1. The zero-order valence-corrected chi connectivity index (χ0v) is 14.0. The van der Waals surface area contributed by atoms with E-state index in [0.29, 0.717) is 12.2 Å². The van der Waals surface area contributed by atoms with Crippen molar-refractivity contribution >= 4 is 23.5 Å². The molecule has 0 saturated heterocycles. The Morgan fingerprint density at radius 1 is 1.41 bits per heavy atom. The Labute approximate surface area is 135 Å². The number of nitrogens with one attached hydrogen (secondary N) is 1. The zero-order valence-electron chi connectivity index (χ0n) is 13.2. The van der Waals surface area contributed by atoms with Crippen molar-refractivity contribution in [1.82, 2.24) is 9.78 Å². The highest BCUT2D eigenvalue weighted by Crippen LogP contribution is 2.30. The smallest absolute Gasteiger partial charge is 0.242 e. The molecule has 118 valence electrons. The second-order valence-corrected chi connectivity index (χ2v) is 6.16. The number of nitrogens with zero attached hydrogens (tertiary/aromatic N) is 2. The fraction of sp³-hybridized carbons (Fsp3) is 0.375. The molecule has 1 amide bonds. The first-order valence-corrected chi connectivity index (χ1v) is 8.58. The van der Waals surface area contributed by atoms with Crippen molar-refractivity contribution in [2.45, 2.75) is 19.4 Å². The summed E-state index contributed by atoms with van der Waals surface area (Å²) < 4.78 is 1.69. The van der Waals surface area contributed by atoms with Gasteiger partial charge in [0.1, 0.15) is 5.82 Å². The molecule has 1 atom stereocenters. The van der Waals surface area contributed by atoms with E-state index in [-0.39, 0.29) is 5.91 Å². The van der Waals surface area contributed by atoms with Crippen LogP contribution in [0.25, 0.3) is 11.1 Å². The van der Waals surface area contributed by atoms with Gasteiger partial charge in [-0.25, -0.2) is 0 Å². The summed E-state index contributed by atoms with van der Waals surface area (Å²) in [5.41, 5.74) is 8.79. The van der Waals surface area contributed by atoms with Crippen molar-refractivity contribution in [3.05, 3.63) is 36.0 Å². The van der Waals surface area contributed by atoms with Crippen LogP contribution >= 0.6 is 11.8 Å². The van der Waals surface area contributed by atoms with Crippen LogP contribution in [0.5, 0.6) is 0 Å². The molecule has 0 aliphatic rings. The quantitative estimate of drug-likeness (QED) is 0.858. The van der Waals surface area contributed by atoms with Crippen molar-refractivity contribution in [3.63, 3.8) is 0 Å². The number of hydrogen-bond donors (Lipinski definition) is 2. The maximum Gasteiger partial charge on any atom is 0.242 e. The highest BCUT2D eigenvalue weighted by atomic mass is 32.2. The molecule has 2 rings (SSSR count). The van der Waals surface area contributed by atoms with E-state index in [1.54, 1.807) is 16.4 Å². The van der Waals surface area contributed by atoms with Gasteiger partial charge in [0.25, 0.3) is 0 Å². The lowest BCUT2D eigenvalue weighted by molar-refractivity contribution is -0.117. The molecule has 0 aliphatic carbocycles. The second-order valence-electron chi connectivity index (χ2n) is 5.18. The number of rotatable bonds is 6. The van der Waals surface area contributed by atoms with Crippen molar-refractivity contribution < 1.29 is 4.79 Å². The number of anilines is 1. The number of aryl methyl sites for hydroxylation is 2. The van der Waals surface area contributed by atoms with E-state index in [1.807, 2.05) is 50.6 Å². The minimum atomic E-state index is -0.508. The van der Waals surface area contributed by atoms with Gasteiger partial charge in [-0.05, 0) is 30.9 Å². The van der Waals surface area contributed by atoms with Crippen molar-refractivity contribution in [3.8, 4) is 11.1 Å². The van der Waals surface area contributed by atoms with Gasteiger partial charge in [-0.2, -0.15) is 16.9 Å². The number of aromatic nitrogens is 2. The minimum Gasteiger partial charge on any atom is -0.320 e. The van der Waals surface area contributed by atoms with Gasteiger partial charge < -0.3 is 11.1 Å². The largest absolute Gasteiger partial charge is 0.320 e. The Kier molecular flexibility index (Phi) is 5.63. The third-order valence-electron chi connectivity index (χ3n) is 3.50. The Morgan fingerprint density at radius 3 is 2.73 bits per heavy atom. The van der Waals surface area contributed by atoms with E-state index in [0.717, 1.165) is 22.6 Å².